The number of anilines is 1. The van der Waals surface area contributed by atoms with Crippen molar-refractivity contribution in [1.29, 1.82) is 5.26 Å². The molecule has 0 amide bonds. The average molecular weight is 256 g/mol. The first-order chi connectivity index (χ1) is 8.31. The molecule has 98 valence electrons. The maximum Gasteiger partial charge on any atom is 0.417 e. The number of hydrogen-bond donors (Lipinski definition) is 0. The number of hydrogen-bond acceptors (Lipinski definition) is 2. The lowest BCUT2D eigenvalue weighted by Crippen LogP contribution is -2.28. The number of benzene rings is 1. The van der Waals surface area contributed by atoms with E-state index in [1.807, 2.05) is 13.8 Å². The molecule has 1 aromatic rings. The number of rotatable bonds is 3. The third-order valence-corrected chi connectivity index (χ3v) is 3.09. The molecule has 1 aromatic carbocycles. The minimum Gasteiger partial charge on any atom is -0.372 e. The molecule has 0 unspecified atom stereocenters. The second kappa shape index (κ2) is 5.30. The van der Waals surface area contributed by atoms with E-state index in [9.17, 15) is 13.2 Å². The molecular weight excluding hydrogens is 241 g/mol. The van der Waals surface area contributed by atoms with Gasteiger partial charge in [0.2, 0.25) is 0 Å². The van der Waals surface area contributed by atoms with E-state index in [1.165, 1.54) is 6.07 Å². The Bertz CT molecular complexity index is 460. The van der Waals surface area contributed by atoms with Crippen molar-refractivity contribution in [1.82, 2.24) is 0 Å². The molecular formula is C13H15F3N2. The molecule has 0 radical (unpaired) electrons. The van der Waals surface area contributed by atoms with Crippen LogP contribution in [0.15, 0.2) is 18.2 Å². The summed E-state index contributed by atoms with van der Waals surface area (Å²) in [4.78, 5) is 1.77. The van der Waals surface area contributed by atoms with E-state index >= 15 is 0 Å². The second-order valence-corrected chi connectivity index (χ2v) is 4.21. The van der Waals surface area contributed by atoms with Crippen LogP contribution in [0.1, 0.15) is 31.4 Å². The molecule has 5 heteroatoms. The third kappa shape index (κ3) is 2.95. The van der Waals surface area contributed by atoms with Gasteiger partial charge in [-0.1, -0.05) is 6.92 Å². The van der Waals surface area contributed by atoms with Gasteiger partial charge in [0.05, 0.1) is 17.2 Å². The normalized spacial score (nSPS) is 12.9. The molecule has 18 heavy (non-hydrogen) atoms. The summed E-state index contributed by atoms with van der Waals surface area (Å²) in [7, 11) is 1.75. The Labute approximate surface area is 105 Å². The zero-order valence-corrected chi connectivity index (χ0v) is 10.5. The summed E-state index contributed by atoms with van der Waals surface area (Å²) in [5.41, 5.74) is -0.753. The Hall–Kier alpha value is -1.70. The van der Waals surface area contributed by atoms with Gasteiger partial charge in [-0.05, 0) is 31.5 Å². The van der Waals surface area contributed by atoms with Crippen molar-refractivity contribution in [2.75, 3.05) is 11.9 Å². The van der Waals surface area contributed by atoms with Crippen LogP contribution < -0.4 is 4.90 Å². The summed E-state index contributed by atoms with van der Waals surface area (Å²) in [5.74, 6) is 0. The van der Waals surface area contributed by atoms with Crippen LogP contribution in [-0.2, 0) is 6.18 Å². The van der Waals surface area contributed by atoms with Gasteiger partial charge in [-0.2, -0.15) is 18.4 Å². The quantitative estimate of drug-likeness (QED) is 0.822. The maximum absolute atomic E-state index is 12.8. The van der Waals surface area contributed by atoms with Gasteiger partial charge in [-0.3, -0.25) is 0 Å². The Balaban J connectivity index is 3.24. The lowest BCUT2D eigenvalue weighted by Gasteiger charge is -2.27. The number of alkyl halides is 3. The summed E-state index contributed by atoms with van der Waals surface area (Å²) in [6.45, 7) is 3.90. The fourth-order valence-electron chi connectivity index (χ4n) is 1.61. The highest BCUT2D eigenvalue weighted by Gasteiger charge is 2.34. The third-order valence-electron chi connectivity index (χ3n) is 3.09. The molecule has 0 fully saturated rings. The summed E-state index contributed by atoms with van der Waals surface area (Å²) < 4.78 is 38.4. The van der Waals surface area contributed by atoms with Gasteiger partial charge >= 0.3 is 6.18 Å². The van der Waals surface area contributed by atoms with Gasteiger partial charge in [0.1, 0.15) is 0 Å². The molecule has 2 nitrogen and oxygen atoms in total. The lowest BCUT2D eigenvalue weighted by atomic mass is 10.1. The fraction of sp³-hybridized carbons (Fsp3) is 0.462. The zero-order valence-electron chi connectivity index (χ0n) is 10.5. The first-order valence-corrected chi connectivity index (χ1v) is 5.65. The molecule has 0 bridgehead atoms. The van der Waals surface area contributed by atoms with Gasteiger partial charge < -0.3 is 4.90 Å². The minimum absolute atomic E-state index is 0.138. The summed E-state index contributed by atoms with van der Waals surface area (Å²) in [6, 6.07) is 5.50. The molecule has 0 heterocycles. The number of nitrogens with zero attached hydrogens (tertiary/aromatic N) is 2. The molecule has 0 aliphatic carbocycles. The van der Waals surface area contributed by atoms with Crippen molar-refractivity contribution in [3.05, 3.63) is 29.3 Å². The standard InChI is InChI=1S/C13H15F3N2/c1-4-9(2)18(3)11-6-5-10(8-17)12(7-11)13(14,15)16/h5-7,9H,4H2,1-3H3/t9-/m1/s1. The van der Waals surface area contributed by atoms with Crippen molar-refractivity contribution < 1.29 is 13.2 Å². The minimum atomic E-state index is -4.50. The van der Waals surface area contributed by atoms with Crippen LogP contribution in [-0.4, -0.2) is 13.1 Å². The Morgan fingerprint density at radius 2 is 2.00 bits per heavy atom. The zero-order chi connectivity index (χ0) is 13.9. The van der Waals surface area contributed by atoms with Crippen LogP contribution in [0, 0.1) is 11.3 Å². The molecule has 0 saturated carbocycles. The van der Waals surface area contributed by atoms with Crippen molar-refractivity contribution in [3.63, 3.8) is 0 Å². The lowest BCUT2D eigenvalue weighted by molar-refractivity contribution is -0.137. The predicted octanol–water partition coefficient (Wildman–Crippen LogP) is 3.81. The van der Waals surface area contributed by atoms with Crippen LogP contribution in [0.3, 0.4) is 0 Å². The molecule has 0 aliphatic heterocycles. The molecule has 0 aliphatic rings. The van der Waals surface area contributed by atoms with E-state index in [0.29, 0.717) is 5.69 Å². The Morgan fingerprint density at radius 1 is 1.39 bits per heavy atom. The monoisotopic (exact) mass is 256 g/mol. The topological polar surface area (TPSA) is 27.0 Å². The Morgan fingerprint density at radius 3 is 2.44 bits per heavy atom. The first-order valence-electron chi connectivity index (χ1n) is 5.65. The van der Waals surface area contributed by atoms with Gasteiger partial charge in [0.15, 0.2) is 0 Å². The Kier molecular flexibility index (Phi) is 4.23. The SMILES string of the molecule is CC[C@@H](C)N(C)c1ccc(C#N)c(C(F)(F)F)c1. The molecule has 0 N–H and O–H groups in total. The van der Waals surface area contributed by atoms with E-state index in [0.717, 1.165) is 12.5 Å². The van der Waals surface area contributed by atoms with Crippen molar-refractivity contribution in [2.45, 2.75) is 32.5 Å². The predicted molar refractivity (Wildman–Crippen MR) is 64.3 cm³/mol. The van der Waals surface area contributed by atoms with E-state index in [-0.39, 0.29) is 11.6 Å². The van der Waals surface area contributed by atoms with Crippen molar-refractivity contribution >= 4 is 5.69 Å². The van der Waals surface area contributed by atoms with E-state index in [1.54, 1.807) is 24.1 Å². The van der Waals surface area contributed by atoms with Gasteiger partial charge in [-0.15, -0.1) is 0 Å². The summed E-state index contributed by atoms with van der Waals surface area (Å²) in [6.07, 6.45) is -3.67. The number of halogens is 3. The highest BCUT2D eigenvalue weighted by molar-refractivity contribution is 5.54. The highest BCUT2D eigenvalue weighted by Crippen LogP contribution is 2.34. The highest BCUT2D eigenvalue weighted by atomic mass is 19.4. The van der Waals surface area contributed by atoms with Crippen molar-refractivity contribution in [2.24, 2.45) is 0 Å². The fourth-order valence-corrected chi connectivity index (χ4v) is 1.61. The molecule has 0 saturated heterocycles. The smallest absolute Gasteiger partial charge is 0.372 e. The van der Waals surface area contributed by atoms with Crippen LogP contribution in [0.4, 0.5) is 18.9 Å². The molecule has 0 spiro atoms. The second-order valence-electron chi connectivity index (χ2n) is 4.21. The van der Waals surface area contributed by atoms with Crippen LogP contribution >= 0.6 is 0 Å². The maximum atomic E-state index is 12.8. The van der Waals surface area contributed by atoms with Gasteiger partial charge in [0.25, 0.3) is 0 Å². The van der Waals surface area contributed by atoms with Crippen LogP contribution in [0.5, 0.6) is 0 Å². The van der Waals surface area contributed by atoms with Crippen LogP contribution in [0.25, 0.3) is 0 Å². The molecule has 1 atom stereocenters. The van der Waals surface area contributed by atoms with Gasteiger partial charge in [-0.25, -0.2) is 0 Å². The van der Waals surface area contributed by atoms with E-state index in [2.05, 4.69) is 0 Å². The van der Waals surface area contributed by atoms with Gasteiger partial charge in [0, 0.05) is 18.8 Å². The number of nitriles is 1. The molecule has 0 aromatic heterocycles. The summed E-state index contributed by atoms with van der Waals surface area (Å²) >= 11 is 0. The largest absolute Gasteiger partial charge is 0.417 e. The first kappa shape index (κ1) is 14.4. The van der Waals surface area contributed by atoms with Crippen molar-refractivity contribution in [3.8, 4) is 6.07 Å². The van der Waals surface area contributed by atoms with E-state index in [4.69, 9.17) is 5.26 Å². The van der Waals surface area contributed by atoms with Crippen LogP contribution in [0.2, 0.25) is 0 Å². The molecule has 1 rings (SSSR count). The van der Waals surface area contributed by atoms with E-state index < -0.39 is 11.7 Å². The average Bonchev–Trinajstić information content (AvgIpc) is 2.35. The summed E-state index contributed by atoms with van der Waals surface area (Å²) in [5, 5.41) is 8.70.